The number of amides is 2. The Bertz CT molecular complexity index is 1240. The molecule has 9 heteroatoms. The third-order valence-electron chi connectivity index (χ3n) is 5.81. The second-order valence-electron chi connectivity index (χ2n) is 8.78. The highest BCUT2D eigenvalue weighted by molar-refractivity contribution is 6.08. The molecule has 4 N–H and O–H groups in total. The maximum Gasteiger partial charge on any atom is 0.372 e. The lowest BCUT2D eigenvalue weighted by Crippen LogP contribution is -2.60. The Morgan fingerprint density at radius 2 is 1.18 bits per heavy atom. The molecule has 9 nitrogen and oxygen atoms in total. The van der Waals surface area contributed by atoms with Gasteiger partial charge in [-0.25, -0.2) is 4.79 Å². The van der Waals surface area contributed by atoms with Crippen molar-refractivity contribution in [1.29, 1.82) is 0 Å². The number of nitrogens with one attached hydrogen (secondary N) is 2. The van der Waals surface area contributed by atoms with Gasteiger partial charge in [-0.15, -0.1) is 0 Å². The summed E-state index contributed by atoms with van der Waals surface area (Å²) in [4.78, 5) is 50.7. The van der Waals surface area contributed by atoms with Crippen LogP contribution in [-0.2, 0) is 43.4 Å². The Morgan fingerprint density at radius 3 is 1.63 bits per heavy atom. The van der Waals surface area contributed by atoms with Crippen LogP contribution < -0.4 is 10.6 Å². The van der Waals surface area contributed by atoms with Crippen molar-refractivity contribution in [2.45, 2.75) is 44.2 Å². The highest BCUT2D eigenvalue weighted by Gasteiger charge is 2.49. The molecule has 0 heterocycles. The van der Waals surface area contributed by atoms with Crippen molar-refractivity contribution >= 4 is 23.6 Å². The molecule has 198 valence electrons. The minimum Gasteiger partial charge on any atom is -0.477 e. The highest BCUT2D eigenvalue weighted by Crippen LogP contribution is 2.18. The van der Waals surface area contributed by atoms with E-state index in [9.17, 15) is 29.4 Å². The summed E-state index contributed by atoms with van der Waals surface area (Å²) in [5, 5.41) is 25.8. The summed E-state index contributed by atoms with van der Waals surface area (Å²) in [6.07, 6.45) is 0.0139. The van der Waals surface area contributed by atoms with Crippen molar-refractivity contribution < 1.29 is 34.1 Å². The number of ketones is 1. The van der Waals surface area contributed by atoms with Crippen molar-refractivity contribution in [1.82, 2.24) is 10.6 Å². The summed E-state index contributed by atoms with van der Waals surface area (Å²) >= 11 is 0. The average Bonchev–Trinajstić information content (AvgIpc) is 2.92. The summed E-state index contributed by atoms with van der Waals surface area (Å²) in [6.45, 7) is 0.905. The number of carbonyl (C=O) groups is 4. The van der Waals surface area contributed by atoms with Crippen LogP contribution in [-0.4, -0.2) is 51.7 Å². The number of aliphatic carboxylic acids is 1. The largest absolute Gasteiger partial charge is 0.477 e. The minimum absolute atomic E-state index is 0.117. The van der Waals surface area contributed by atoms with Gasteiger partial charge in [0, 0.05) is 13.3 Å². The Hall–Kier alpha value is -4.34. The molecular formula is C29H30N2O7. The predicted molar refractivity (Wildman–Crippen MR) is 139 cm³/mol. The standard InChI is InChI=1S/C29H30N2O7/c1-20(32)30-25(18-22-13-7-3-8-14-22)27(34)31-24(17-21-11-5-2-6-12-21)26(33)29(37,28(35)36)38-19-23-15-9-4-10-16-23/h2-16,24-25,37H,17-19H2,1H3,(H,30,32)(H,31,34)(H,35,36)/t24-,25-,29?/m0/s1. The number of Topliss-reactive ketones (excluding diaryl/α,β-unsaturated/α-hetero) is 1. The fourth-order valence-corrected chi connectivity index (χ4v) is 3.87. The molecule has 0 aliphatic carbocycles. The lowest BCUT2D eigenvalue weighted by molar-refractivity contribution is -0.224. The van der Waals surface area contributed by atoms with Crippen LogP contribution in [0.4, 0.5) is 0 Å². The first-order chi connectivity index (χ1) is 18.2. The van der Waals surface area contributed by atoms with E-state index in [1.54, 1.807) is 84.9 Å². The molecule has 1 unspecified atom stereocenters. The fraction of sp³-hybridized carbons (Fsp3) is 0.241. The molecule has 3 atom stereocenters. The molecule has 0 bridgehead atoms. The Balaban J connectivity index is 1.88. The second-order valence-corrected chi connectivity index (χ2v) is 8.78. The Kier molecular flexibility index (Phi) is 9.86. The van der Waals surface area contributed by atoms with Crippen LogP contribution in [0.3, 0.4) is 0 Å². The molecule has 0 aromatic heterocycles. The van der Waals surface area contributed by atoms with E-state index in [2.05, 4.69) is 10.6 Å². The lowest BCUT2D eigenvalue weighted by atomic mass is 9.96. The van der Waals surface area contributed by atoms with E-state index in [1.165, 1.54) is 6.92 Å². The summed E-state index contributed by atoms with van der Waals surface area (Å²) < 4.78 is 5.25. The topological polar surface area (TPSA) is 142 Å². The highest BCUT2D eigenvalue weighted by atomic mass is 16.6. The van der Waals surface area contributed by atoms with E-state index < -0.39 is 41.4 Å². The second kappa shape index (κ2) is 13.3. The number of carbonyl (C=O) groups excluding carboxylic acids is 3. The average molecular weight is 519 g/mol. The molecule has 0 saturated heterocycles. The van der Waals surface area contributed by atoms with Crippen LogP contribution in [0, 0.1) is 0 Å². The van der Waals surface area contributed by atoms with Crippen LogP contribution >= 0.6 is 0 Å². The van der Waals surface area contributed by atoms with Gasteiger partial charge in [-0.05, 0) is 23.1 Å². The number of benzene rings is 3. The van der Waals surface area contributed by atoms with E-state index in [0.717, 1.165) is 5.56 Å². The van der Waals surface area contributed by atoms with E-state index in [1.807, 2.05) is 6.07 Å². The molecule has 2 amide bonds. The van der Waals surface area contributed by atoms with E-state index in [0.29, 0.717) is 11.1 Å². The van der Waals surface area contributed by atoms with Crippen LogP contribution in [0.15, 0.2) is 91.0 Å². The quantitative estimate of drug-likeness (QED) is 0.200. The first-order valence-electron chi connectivity index (χ1n) is 12.0. The smallest absolute Gasteiger partial charge is 0.372 e. The molecule has 0 radical (unpaired) electrons. The van der Waals surface area contributed by atoms with Crippen molar-refractivity contribution in [3.63, 3.8) is 0 Å². The molecule has 0 aliphatic heterocycles. The van der Waals surface area contributed by atoms with Crippen LogP contribution in [0.25, 0.3) is 0 Å². The fourth-order valence-electron chi connectivity index (χ4n) is 3.87. The van der Waals surface area contributed by atoms with Gasteiger partial charge < -0.3 is 25.6 Å². The van der Waals surface area contributed by atoms with Gasteiger partial charge >= 0.3 is 11.8 Å². The van der Waals surface area contributed by atoms with Crippen molar-refractivity contribution in [2.75, 3.05) is 0 Å². The zero-order valence-corrected chi connectivity index (χ0v) is 20.9. The third kappa shape index (κ3) is 7.83. The number of hydrogen-bond acceptors (Lipinski definition) is 6. The lowest BCUT2D eigenvalue weighted by Gasteiger charge is -2.29. The number of ether oxygens (including phenoxy) is 1. The van der Waals surface area contributed by atoms with E-state index >= 15 is 0 Å². The van der Waals surface area contributed by atoms with E-state index in [-0.39, 0.29) is 19.4 Å². The number of carboxylic acid groups (broad SMARTS) is 1. The van der Waals surface area contributed by atoms with Gasteiger partial charge in [0.15, 0.2) is 0 Å². The summed E-state index contributed by atoms with van der Waals surface area (Å²) in [5.41, 5.74) is 1.92. The van der Waals surface area contributed by atoms with Gasteiger partial charge in [-0.2, -0.15) is 0 Å². The van der Waals surface area contributed by atoms with Crippen molar-refractivity contribution in [3.8, 4) is 0 Å². The third-order valence-corrected chi connectivity index (χ3v) is 5.81. The van der Waals surface area contributed by atoms with E-state index in [4.69, 9.17) is 4.74 Å². The number of aliphatic hydroxyl groups is 1. The van der Waals surface area contributed by atoms with Gasteiger partial charge in [0.25, 0.3) is 0 Å². The maximum absolute atomic E-state index is 13.5. The van der Waals surface area contributed by atoms with Crippen LogP contribution in [0.2, 0.25) is 0 Å². The predicted octanol–water partition coefficient (Wildman–Crippen LogP) is 2.02. The summed E-state index contributed by atoms with van der Waals surface area (Å²) in [7, 11) is 0. The molecule has 0 spiro atoms. The Labute approximate surface area is 220 Å². The molecule has 0 saturated carbocycles. The molecule has 3 aromatic carbocycles. The maximum atomic E-state index is 13.5. The normalized spacial score (nSPS) is 13.9. The van der Waals surface area contributed by atoms with Gasteiger partial charge in [-0.3, -0.25) is 14.4 Å². The van der Waals surface area contributed by atoms with Crippen LogP contribution in [0.1, 0.15) is 23.6 Å². The molecular weight excluding hydrogens is 488 g/mol. The number of rotatable bonds is 13. The summed E-state index contributed by atoms with van der Waals surface area (Å²) in [5.74, 6) is -7.56. The van der Waals surface area contributed by atoms with Gasteiger partial charge in [0.05, 0.1) is 12.6 Å². The first-order valence-corrected chi connectivity index (χ1v) is 12.0. The Morgan fingerprint density at radius 1 is 0.737 bits per heavy atom. The zero-order chi connectivity index (χ0) is 27.5. The molecule has 0 aliphatic rings. The molecule has 0 fully saturated rings. The molecule has 3 rings (SSSR count). The minimum atomic E-state index is -3.23. The zero-order valence-electron chi connectivity index (χ0n) is 20.9. The SMILES string of the molecule is CC(=O)N[C@@H](Cc1ccccc1)C(=O)N[C@@H](Cc1ccccc1)C(=O)C(O)(OCc1ccccc1)C(=O)O. The monoisotopic (exact) mass is 518 g/mol. The number of carboxylic acids is 1. The molecule has 38 heavy (non-hydrogen) atoms. The summed E-state index contributed by atoms with van der Waals surface area (Å²) in [6, 6.07) is 23.5. The number of hydrogen-bond donors (Lipinski definition) is 4. The first kappa shape index (κ1) is 28.2. The van der Waals surface area contributed by atoms with Gasteiger partial charge in [0.1, 0.15) is 6.04 Å². The van der Waals surface area contributed by atoms with Crippen molar-refractivity contribution in [3.05, 3.63) is 108 Å². The molecule has 3 aromatic rings. The van der Waals surface area contributed by atoms with Crippen molar-refractivity contribution in [2.24, 2.45) is 0 Å². The van der Waals surface area contributed by atoms with Crippen LogP contribution in [0.5, 0.6) is 0 Å². The van der Waals surface area contributed by atoms with Gasteiger partial charge in [0.2, 0.25) is 17.6 Å². The van der Waals surface area contributed by atoms with Gasteiger partial charge in [-0.1, -0.05) is 91.0 Å².